The van der Waals surface area contributed by atoms with Crippen LogP contribution in [0.25, 0.3) is 10.9 Å². The van der Waals surface area contributed by atoms with Crippen molar-refractivity contribution in [1.29, 1.82) is 10.5 Å². The van der Waals surface area contributed by atoms with E-state index in [2.05, 4.69) is 15.5 Å². The lowest BCUT2D eigenvalue weighted by atomic mass is 10.2. The summed E-state index contributed by atoms with van der Waals surface area (Å²) >= 11 is 6.06. The van der Waals surface area contributed by atoms with Crippen LogP contribution in [0, 0.1) is 22.7 Å². The number of rotatable bonds is 2. The maximum Gasteiger partial charge on any atom is 0.237 e. The monoisotopic (exact) mass is 255 g/mol. The fraction of sp³-hybridized carbons (Fsp3) is 0. The Balaban J connectivity index is 2.40. The van der Waals surface area contributed by atoms with E-state index in [-0.39, 0.29) is 5.71 Å². The third-order valence-electron chi connectivity index (χ3n) is 2.17. The third kappa shape index (κ3) is 2.37. The van der Waals surface area contributed by atoms with Gasteiger partial charge in [-0.2, -0.15) is 15.6 Å². The smallest absolute Gasteiger partial charge is 0.237 e. The Bertz CT molecular complexity index is 692. The van der Waals surface area contributed by atoms with Gasteiger partial charge in [-0.1, -0.05) is 17.7 Å². The van der Waals surface area contributed by atoms with Crippen molar-refractivity contribution in [2.45, 2.75) is 0 Å². The van der Waals surface area contributed by atoms with E-state index in [0.717, 1.165) is 5.39 Å². The standard InChI is InChI=1S/C12H6ClN5/c13-11-5-9(17-18-10(6-14)7-15)4-8-2-1-3-16-12(8)11/h1-5,17H. The van der Waals surface area contributed by atoms with E-state index in [1.165, 1.54) is 0 Å². The highest BCUT2D eigenvalue weighted by atomic mass is 35.5. The highest BCUT2D eigenvalue weighted by Crippen LogP contribution is 2.25. The van der Waals surface area contributed by atoms with Crippen LogP contribution < -0.4 is 5.43 Å². The summed E-state index contributed by atoms with van der Waals surface area (Å²) in [5.74, 6) is 0. The lowest BCUT2D eigenvalue weighted by Crippen LogP contribution is -1.96. The zero-order chi connectivity index (χ0) is 13.0. The van der Waals surface area contributed by atoms with Crippen molar-refractivity contribution in [3.63, 3.8) is 0 Å². The number of aromatic nitrogens is 1. The number of nitriles is 2. The van der Waals surface area contributed by atoms with Gasteiger partial charge < -0.3 is 0 Å². The molecule has 5 nitrogen and oxygen atoms in total. The number of anilines is 1. The van der Waals surface area contributed by atoms with Gasteiger partial charge in [-0.25, -0.2) is 0 Å². The number of benzene rings is 1. The Morgan fingerprint density at radius 2 is 2.11 bits per heavy atom. The largest absolute Gasteiger partial charge is 0.276 e. The van der Waals surface area contributed by atoms with Crippen molar-refractivity contribution in [1.82, 2.24) is 4.98 Å². The molecule has 0 aliphatic carbocycles. The SMILES string of the molecule is N#CC(C#N)=NNc1cc(Cl)c2ncccc2c1. The number of fused-ring (bicyclic) bond motifs is 1. The molecule has 86 valence electrons. The second-order valence-corrected chi connectivity index (χ2v) is 3.74. The van der Waals surface area contributed by atoms with Gasteiger partial charge in [-0.05, 0) is 18.2 Å². The second kappa shape index (κ2) is 5.13. The number of hydrogen-bond donors (Lipinski definition) is 1. The van der Waals surface area contributed by atoms with Gasteiger partial charge in [0.05, 0.1) is 16.2 Å². The van der Waals surface area contributed by atoms with Crippen LogP contribution in [0.5, 0.6) is 0 Å². The molecule has 1 aromatic heterocycles. The summed E-state index contributed by atoms with van der Waals surface area (Å²) in [6.45, 7) is 0. The molecular formula is C12H6ClN5. The Morgan fingerprint density at radius 3 is 2.83 bits per heavy atom. The maximum atomic E-state index is 8.55. The normalized spacial score (nSPS) is 9.28. The van der Waals surface area contributed by atoms with Gasteiger partial charge in [0.25, 0.3) is 0 Å². The quantitative estimate of drug-likeness (QED) is 0.660. The molecule has 2 rings (SSSR count). The molecule has 0 bridgehead atoms. The molecule has 1 heterocycles. The minimum absolute atomic E-state index is 0.252. The van der Waals surface area contributed by atoms with Gasteiger partial charge in [-0.3, -0.25) is 10.4 Å². The van der Waals surface area contributed by atoms with Crippen LogP contribution in [0.2, 0.25) is 5.02 Å². The molecule has 1 N–H and O–H groups in total. The van der Waals surface area contributed by atoms with Gasteiger partial charge in [0.15, 0.2) is 0 Å². The zero-order valence-corrected chi connectivity index (χ0v) is 9.81. The number of pyridine rings is 1. The molecule has 0 unspecified atom stereocenters. The first-order valence-electron chi connectivity index (χ1n) is 4.93. The van der Waals surface area contributed by atoms with Crippen LogP contribution in [0.15, 0.2) is 35.6 Å². The predicted octanol–water partition coefficient (Wildman–Crippen LogP) is 2.70. The van der Waals surface area contributed by atoms with Crippen molar-refractivity contribution in [2.24, 2.45) is 5.10 Å². The molecule has 1 aromatic carbocycles. The van der Waals surface area contributed by atoms with Crippen LogP contribution in [0.3, 0.4) is 0 Å². The minimum atomic E-state index is -0.252. The molecule has 0 fully saturated rings. The van der Waals surface area contributed by atoms with Crippen LogP contribution in [-0.2, 0) is 0 Å². The van der Waals surface area contributed by atoms with Crippen LogP contribution in [-0.4, -0.2) is 10.7 Å². The third-order valence-corrected chi connectivity index (χ3v) is 2.46. The lowest BCUT2D eigenvalue weighted by Gasteiger charge is -2.04. The fourth-order valence-corrected chi connectivity index (χ4v) is 1.68. The Kier molecular flexibility index (Phi) is 3.38. The van der Waals surface area contributed by atoms with E-state index in [4.69, 9.17) is 22.1 Å². The number of nitrogens with one attached hydrogen (secondary N) is 1. The second-order valence-electron chi connectivity index (χ2n) is 3.33. The molecule has 0 radical (unpaired) electrons. The van der Waals surface area contributed by atoms with Crippen LogP contribution in [0.1, 0.15) is 0 Å². The summed E-state index contributed by atoms with van der Waals surface area (Å²) in [4.78, 5) is 4.15. The predicted molar refractivity (Wildman–Crippen MR) is 69.0 cm³/mol. The van der Waals surface area contributed by atoms with Crippen molar-refractivity contribution >= 4 is 33.9 Å². The molecule has 0 saturated carbocycles. The van der Waals surface area contributed by atoms with Gasteiger partial charge in [0, 0.05) is 11.6 Å². The number of halogens is 1. The Hall–Kier alpha value is -2.63. The molecule has 0 spiro atoms. The molecule has 0 saturated heterocycles. The number of nitrogens with zero attached hydrogens (tertiary/aromatic N) is 4. The average Bonchev–Trinajstić information content (AvgIpc) is 2.40. The lowest BCUT2D eigenvalue weighted by molar-refractivity contribution is 1.34. The van der Waals surface area contributed by atoms with Crippen molar-refractivity contribution in [2.75, 3.05) is 5.43 Å². The first-order valence-corrected chi connectivity index (χ1v) is 5.30. The van der Waals surface area contributed by atoms with Gasteiger partial charge in [0.1, 0.15) is 12.1 Å². The van der Waals surface area contributed by atoms with Gasteiger partial charge >= 0.3 is 0 Å². The molecule has 0 aliphatic heterocycles. The summed E-state index contributed by atoms with van der Waals surface area (Å²) in [6, 6.07) is 10.4. The van der Waals surface area contributed by atoms with E-state index in [0.29, 0.717) is 16.2 Å². The van der Waals surface area contributed by atoms with E-state index in [9.17, 15) is 0 Å². The van der Waals surface area contributed by atoms with Crippen LogP contribution in [0.4, 0.5) is 5.69 Å². The first kappa shape index (κ1) is 11.8. The molecule has 6 heteroatoms. The summed E-state index contributed by atoms with van der Waals surface area (Å²) in [6.07, 6.45) is 1.66. The molecule has 0 amide bonds. The number of hydrogen-bond acceptors (Lipinski definition) is 5. The maximum absolute atomic E-state index is 8.55. The summed E-state index contributed by atoms with van der Waals surface area (Å²) in [5, 5.41) is 22.1. The Labute approximate surface area is 108 Å². The van der Waals surface area contributed by atoms with Gasteiger partial charge in [0.2, 0.25) is 5.71 Å². The number of hydrazone groups is 1. The van der Waals surface area contributed by atoms with E-state index in [1.807, 2.05) is 6.07 Å². The highest BCUT2D eigenvalue weighted by Gasteiger charge is 2.03. The van der Waals surface area contributed by atoms with E-state index in [1.54, 1.807) is 36.5 Å². The summed E-state index contributed by atoms with van der Waals surface area (Å²) in [5.41, 5.74) is 3.63. The molecule has 18 heavy (non-hydrogen) atoms. The summed E-state index contributed by atoms with van der Waals surface area (Å²) in [7, 11) is 0. The fourth-order valence-electron chi connectivity index (χ4n) is 1.41. The first-order chi connectivity index (χ1) is 8.74. The van der Waals surface area contributed by atoms with Gasteiger partial charge in [-0.15, -0.1) is 0 Å². The van der Waals surface area contributed by atoms with Crippen molar-refractivity contribution < 1.29 is 0 Å². The summed E-state index contributed by atoms with van der Waals surface area (Å²) < 4.78 is 0. The molecular weight excluding hydrogens is 250 g/mol. The van der Waals surface area contributed by atoms with Crippen LogP contribution >= 0.6 is 11.6 Å². The molecule has 2 aromatic rings. The van der Waals surface area contributed by atoms with E-state index < -0.39 is 0 Å². The molecule has 0 aliphatic rings. The Morgan fingerprint density at radius 1 is 1.33 bits per heavy atom. The molecule has 0 atom stereocenters. The highest BCUT2D eigenvalue weighted by molar-refractivity contribution is 6.35. The van der Waals surface area contributed by atoms with Crippen molar-refractivity contribution in [3.8, 4) is 12.1 Å². The zero-order valence-electron chi connectivity index (χ0n) is 9.05. The van der Waals surface area contributed by atoms with E-state index >= 15 is 0 Å². The van der Waals surface area contributed by atoms with Crippen molar-refractivity contribution in [3.05, 3.63) is 35.5 Å². The minimum Gasteiger partial charge on any atom is -0.276 e. The topological polar surface area (TPSA) is 84.9 Å². The average molecular weight is 256 g/mol.